The summed E-state index contributed by atoms with van der Waals surface area (Å²) in [5.41, 5.74) is 2.46. The molecule has 2 heterocycles. The zero-order chi connectivity index (χ0) is 21.1. The summed E-state index contributed by atoms with van der Waals surface area (Å²) in [6, 6.07) is 8.71. The molecule has 2 aliphatic rings. The first kappa shape index (κ1) is 21.9. The van der Waals surface area contributed by atoms with Crippen molar-refractivity contribution in [3.63, 3.8) is 0 Å². The van der Waals surface area contributed by atoms with Gasteiger partial charge in [0.15, 0.2) is 15.8 Å². The van der Waals surface area contributed by atoms with E-state index in [-0.39, 0.29) is 5.75 Å². The van der Waals surface area contributed by atoms with Gasteiger partial charge in [-0.3, -0.25) is 0 Å². The topological polar surface area (TPSA) is 65.0 Å². The Morgan fingerprint density at radius 1 is 1.17 bits per heavy atom. The molecule has 2 saturated heterocycles. The van der Waals surface area contributed by atoms with E-state index in [4.69, 9.17) is 4.99 Å². The standard InChI is InChI=1S/C22H36N4O2S/c1-5-23-21(26-14-15-29(27,28)22(3,4)17-26)24-16-19-6-8-20(9-7-19)25-12-10-18(2)11-13-25/h6-9,18H,5,10-17H2,1-4H3,(H,23,24). The van der Waals surface area contributed by atoms with Crippen LogP contribution in [0.2, 0.25) is 0 Å². The maximum absolute atomic E-state index is 12.3. The van der Waals surface area contributed by atoms with Gasteiger partial charge in [-0.1, -0.05) is 19.1 Å². The zero-order valence-electron chi connectivity index (χ0n) is 18.3. The highest BCUT2D eigenvalue weighted by molar-refractivity contribution is 7.92. The number of rotatable bonds is 4. The van der Waals surface area contributed by atoms with Gasteiger partial charge < -0.3 is 15.1 Å². The highest BCUT2D eigenvalue weighted by atomic mass is 32.2. The van der Waals surface area contributed by atoms with E-state index in [0.29, 0.717) is 19.6 Å². The molecule has 3 rings (SSSR count). The number of nitrogens with one attached hydrogen (secondary N) is 1. The minimum atomic E-state index is -3.06. The fraction of sp³-hybridized carbons (Fsp3) is 0.682. The normalized spacial score (nSPS) is 22.6. The molecule has 2 fully saturated rings. The minimum absolute atomic E-state index is 0.174. The van der Waals surface area contributed by atoms with Gasteiger partial charge in [-0.15, -0.1) is 0 Å². The average Bonchev–Trinajstić information content (AvgIpc) is 2.68. The number of piperidine rings is 1. The second-order valence-electron chi connectivity index (χ2n) is 9.01. The number of nitrogens with zero attached hydrogens (tertiary/aromatic N) is 3. The molecule has 0 unspecified atom stereocenters. The van der Waals surface area contributed by atoms with E-state index in [1.54, 1.807) is 13.8 Å². The van der Waals surface area contributed by atoms with E-state index in [1.165, 1.54) is 24.1 Å². The van der Waals surface area contributed by atoms with Gasteiger partial charge in [0.25, 0.3) is 0 Å². The van der Waals surface area contributed by atoms with Gasteiger partial charge in [0.1, 0.15) is 0 Å². The number of hydrogen-bond acceptors (Lipinski definition) is 4. The largest absolute Gasteiger partial charge is 0.372 e. The molecule has 0 amide bonds. The molecular formula is C22H36N4O2S. The van der Waals surface area contributed by atoms with E-state index in [9.17, 15) is 8.42 Å². The molecule has 1 aromatic carbocycles. The lowest BCUT2D eigenvalue weighted by molar-refractivity contribution is 0.353. The van der Waals surface area contributed by atoms with Gasteiger partial charge in [0.05, 0.1) is 17.0 Å². The highest BCUT2D eigenvalue weighted by Gasteiger charge is 2.40. The molecule has 0 atom stereocenters. The summed E-state index contributed by atoms with van der Waals surface area (Å²) in [5, 5.41) is 3.33. The fourth-order valence-electron chi connectivity index (χ4n) is 4.00. The van der Waals surface area contributed by atoms with Crippen molar-refractivity contribution in [3.05, 3.63) is 29.8 Å². The minimum Gasteiger partial charge on any atom is -0.372 e. The summed E-state index contributed by atoms with van der Waals surface area (Å²) in [4.78, 5) is 9.34. The van der Waals surface area contributed by atoms with Gasteiger partial charge in [-0.2, -0.15) is 0 Å². The summed E-state index contributed by atoms with van der Waals surface area (Å²) in [7, 11) is -3.06. The second-order valence-corrected chi connectivity index (χ2v) is 11.7. The summed E-state index contributed by atoms with van der Waals surface area (Å²) >= 11 is 0. The zero-order valence-corrected chi connectivity index (χ0v) is 19.1. The van der Waals surface area contributed by atoms with E-state index in [2.05, 4.69) is 46.3 Å². The van der Waals surface area contributed by atoms with Crippen LogP contribution in [0.25, 0.3) is 0 Å². The number of guanidine groups is 1. The maximum Gasteiger partial charge on any atom is 0.194 e. The van der Waals surface area contributed by atoms with Crippen LogP contribution in [0.4, 0.5) is 5.69 Å². The van der Waals surface area contributed by atoms with Crippen molar-refractivity contribution in [1.82, 2.24) is 10.2 Å². The lowest BCUT2D eigenvalue weighted by Gasteiger charge is -2.39. The number of hydrogen-bond donors (Lipinski definition) is 1. The van der Waals surface area contributed by atoms with Gasteiger partial charge in [-0.25, -0.2) is 13.4 Å². The molecule has 162 valence electrons. The third-order valence-electron chi connectivity index (χ3n) is 6.17. The van der Waals surface area contributed by atoms with Crippen LogP contribution < -0.4 is 10.2 Å². The molecule has 29 heavy (non-hydrogen) atoms. The van der Waals surface area contributed by atoms with Crippen molar-refractivity contribution < 1.29 is 8.42 Å². The first-order valence-corrected chi connectivity index (χ1v) is 12.5. The predicted molar refractivity (Wildman–Crippen MR) is 121 cm³/mol. The maximum atomic E-state index is 12.3. The van der Waals surface area contributed by atoms with Crippen molar-refractivity contribution in [2.45, 2.75) is 51.8 Å². The Kier molecular flexibility index (Phi) is 6.76. The van der Waals surface area contributed by atoms with Crippen LogP contribution >= 0.6 is 0 Å². The van der Waals surface area contributed by atoms with E-state index < -0.39 is 14.6 Å². The second kappa shape index (κ2) is 8.94. The van der Waals surface area contributed by atoms with Crippen LogP contribution in [0.3, 0.4) is 0 Å². The molecule has 0 aliphatic carbocycles. The Morgan fingerprint density at radius 3 is 2.41 bits per heavy atom. The molecule has 0 spiro atoms. The van der Waals surface area contributed by atoms with Crippen LogP contribution in [-0.2, 0) is 16.4 Å². The van der Waals surface area contributed by atoms with Crippen LogP contribution in [0.15, 0.2) is 29.3 Å². The van der Waals surface area contributed by atoms with Gasteiger partial charge in [0.2, 0.25) is 0 Å². The molecule has 7 heteroatoms. The van der Waals surface area contributed by atoms with Crippen LogP contribution in [0.1, 0.15) is 46.1 Å². The first-order chi connectivity index (χ1) is 13.7. The van der Waals surface area contributed by atoms with Crippen LogP contribution in [0.5, 0.6) is 0 Å². The third-order valence-corrected chi connectivity index (χ3v) is 8.71. The number of sulfone groups is 1. The molecule has 0 saturated carbocycles. The summed E-state index contributed by atoms with van der Waals surface area (Å²) in [5.74, 6) is 1.80. The summed E-state index contributed by atoms with van der Waals surface area (Å²) < 4.78 is 23.8. The Hall–Kier alpha value is -1.76. The molecular weight excluding hydrogens is 384 g/mol. The number of aliphatic imine (C=N–C) groups is 1. The van der Waals surface area contributed by atoms with Crippen molar-refractivity contribution >= 4 is 21.5 Å². The number of anilines is 1. The Balaban J connectivity index is 1.66. The van der Waals surface area contributed by atoms with Crippen molar-refractivity contribution in [2.24, 2.45) is 10.9 Å². The molecule has 1 aromatic rings. The Morgan fingerprint density at radius 2 is 1.83 bits per heavy atom. The van der Waals surface area contributed by atoms with E-state index >= 15 is 0 Å². The molecule has 6 nitrogen and oxygen atoms in total. The molecule has 0 bridgehead atoms. The molecule has 2 aliphatic heterocycles. The van der Waals surface area contributed by atoms with E-state index in [0.717, 1.165) is 31.5 Å². The number of benzene rings is 1. The molecule has 1 N–H and O–H groups in total. The van der Waals surface area contributed by atoms with Crippen molar-refractivity contribution in [2.75, 3.05) is 43.4 Å². The Labute approximate surface area is 176 Å². The van der Waals surface area contributed by atoms with Gasteiger partial charge in [0, 0.05) is 38.4 Å². The lowest BCUT2D eigenvalue weighted by atomic mass is 9.99. The van der Waals surface area contributed by atoms with Crippen molar-refractivity contribution in [3.8, 4) is 0 Å². The van der Waals surface area contributed by atoms with Gasteiger partial charge >= 0.3 is 0 Å². The van der Waals surface area contributed by atoms with Gasteiger partial charge in [-0.05, 0) is 57.2 Å². The van der Waals surface area contributed by atoms with Crippen LogP contribution in [-0.4, -0.2) is 62.5 Å². The van der Waals surface area contributed by atoms with Crippen molar-refractivity contribution in [1.29, 1.82) is 0 Å². The SMILES string of the molecule is CCNC(=NCc1ccc(N2CCC(C)CC2)cc1)N1CCS(=O)(=O)C(C)(C)C1. The van der Waals surface area contributed by atoms with Crippen LogP contribution in [0, 0.1) is 5.92 Å². The average molecular weight is 421 g/mol. The smallest absolute Gasteiger partial charge is 0.194 e. The third kappa shape index (κ3) is 5.24. The Bertz CT molecular complexity index is 810. The molecule has 0 radical (unpaired) electrons. The quantitative estimate of drug-likeness (QED) is 0.599. The lowest BCUT2D eigenvalue weighted by Crippen LogP contribution is -2.57. The van der Waals surface area contributed by atoms with E-state index in [1.807, 2.05) is 6.92 Å². The summed E-state index contributed by atoms with van der Waals surface area (Å²) in [6.07, 6.45) is 2.53. The summed E-state index contributed by atoms with van der Waals surface area (Å²) in [6.45, 7) is 12.6. The predicted octanol–water partition coefficient (Wildman–Crippen LogP) is 2.90. The first-order valence-electron chi connectivity index (χ1n) is 10.8. The monoisotopic (exact) mass is 420 g/mol. The fourth-order valence-corrected chi connectivity index (χ4v) is 5.36. The highest BCUT2D eigenvalue weighted by Crippen LogP contribution is 2.25. The molecule has 0 aromatic heterocycles.